The maximum absolute atomic E-state index is 13.0. The van der Waals surface area contributed by atoms with Crippen molar-refractivity contribution in [1.29, 1.82) is 0 Å². The molecule has 0 aliphatic rings. The lowest BCUT2D eigenvalue weighted by atomic mass is 10.1. The van der Waals surface area contributed by atoms with Crippen LogP contribution in [0.15, 0.2) is 48.5 Å². The minimum Gasteiger partial charge on any atom is -0.493 e. The van der Waals surface area contributed by atoms with Crippen molar-refractivity contribution in [2.24, 2.45) is 0 Å². The molecule has 2 rings (SSSR count). The molecule has 0 aliphatic heterocycles. The van der Waals surface area contributed by atoms with E-state index in [1.165, 1.54) is 12.1 Å². The van der Waals surface area contributed by atoms with Gasteiger partial charge in [-0.05, 0) is 29.8 Å². The molecule has 0 saturated heterocycles. The number of aliphatic hydroxyl groups excluding tert-OH is 1. The number of methoxy groups -OCH3 is 1. The Morgan fingerprint density at radius 3 is 2.53 bits per heavy atom. The molecule has 0 saturated carbocycles. The minimum absolute atomic E-state index is 0.0316. The van der Waals surface area contributed by atoms with Crippen molar-refractivity contribution in [3.05, 3.63) is 59.9 Å². The Hall–Kier alpha value is -2.07. The first-order valence-electron chi connectivity index (χ1n) is 5.90. The number of hydrogen-bond acceptors (Lipinski definition) is 3. The quantitative estimate of drug-likeness (QED) is 0.900. The van der Waals surface area contributed by atoms with Crippen molar-refractivity contribution in [1.82, 2.24) is 0 Å². The van der Waals surface area contributed by atoms with E-state index in [9.17, 15) is 9.50 Å². The first kappa shape index (κ1) is 13.4. The largest absolute Gasteiger partial charge is 0.493 e. The molecule has 0 aromatic heterocycles. The van der Waals surface area contributed by atoms with Gasteiger partial charge in [-0.25, -0.2) is 4.39 Å². The number of benzene rings is 2. The van der Waals surface area contributed by atoms with Gasteiger partial charge in [0.15, 0.2) is 11.5 Å². The van der Waals surface area contributed by atoms with Crippen LogP contribution in [0.2, 0.25) is 0 Å². The van der Waals surface area contributed by atoms with Gasteiger partial charge in [0.2, 0.25) is 0 Å². The summed E-state index contributed by atoms with van der Waals surface area (Å²) in [7, 11) is 1.55. The first-order chi connectivity index (χ1) is 9.20. The molecule has 0 heterocycles. The number of aliphatic hydroxyl groups is 1. The molecule has 3 nitrogen and oxygen atoms in total. The monoisotopic (exact) mass is 262 g/mol. The summed E-state index contributed by atoms with van der Waals surface area (Å²) in [6.45, 7) is 0.0316. The van der Waals surface area contributed by atoms with E-state index in [0.29, 0.717) is 17.1 Å². The van der Waals surface area contributed by atoms with Crippen LogP contribution in [0.3, 0.4) is 0 Å². The van der Waals surface area contributed by atoms with Crippen LogP contribution in [0.25, 0.3) is 0 Å². The van der Waals surface area contributed by atoms with Crippen molar-refractivity contribution in [2.45, 2.75) is 6.10 Å². The second-order valence-electron chi connectivity index (χ2n) is 4.03. The van der Waals surface area contributed by atoms with Crippen molar-refractivity contribution in [2.75, 3.05) is 13.7 Å². The van der Waals surface area contributed by atoms with Crippen LogP contribution in [0, 0.1) is 5.82 Å². The normalized spacial score (nSPS) is 11.9. The molecule has 0 fully saturated rings. The van der Waals surface area contributed by atoms with E-state index in [-0.39, 0.29) is 12.4 Å². The summed E-state index contributed by atoms with van der Waals surface area (Å²) < 4.78 is 23.7. The Morgan fingerprint density at radius 1 is 1.11 bits per heavy atom. The number of para-hydroxylation sites is 2. The predicted octanol–water partition coefficient (Wildman–Crippen LogP) is 2.95. The molecule has 4 heteroatoms. The van der Waals surface area contributed by atoms with Gasteiger partial charge in [0.1, 0.15) is 18.5 Å². The van der Waals surface area contributed by atoms with Gasteiger partial charge in [-0.3, -0.25) is 0 Å². The fraction of sp³-hybridized carbons (Fsp3) is 0.200. The van der Waals surface area contributed by atoms with Crippen molar-refractivity contribution in [3.8, 4) is 11.5 Å². The van der Waals surface area contributed by atoms with E-state index in [0.717, 1.165) is 0 Å². The predicted molar refractivity (Wildman–Crippen MR) is 69.8 cm³/mol. The van der Waals surface area contributed by atoms with Gasteiger partial charge in [0.25, 0.3) is 0 Å². The second kappa shape index (κ2) is 6.20. The topological polar surface area (TPSA) is 38.7 Å². The second-order valence-corrected chi connectivity index (χ2v) is 4.03. The van der Waals surface area contributed by atoms with Gasteiger partial charge >= 0.3 is 0 Å². The lowest BCUT2D eigenvalue weighted by Gasteiger charge is -2.14. The van der Waals surface area contributed by atoms with Crippen LogP contribution in [-0.4, -0.2) is 18.8 Å². The summed E-state index contributed by atoms with van der Waals surface area (Å²) in [5.41, 5.74) is 0.481. The maximum atomic E-state index is 13.0. The molecule has 1 N–H and O–H groups in total. The average Bonchev–Trinajstić information content (AvgIpc) is 2.45. The van der Waals surface area contributed by atoms with Crippen molar-refractivity contribution >= 4 is 0 Å². The van der Waals surface area contributed by atoms with E-state index in [1.54, 1.807) is 31.4 Å². The Kier molecular flexibility index (Phi) is 4.36. The van der Waals surface area contributed by atoms with Crippen LogP contribution < -0.4 is 9.47 Å². The molecule has 1 atom stereocenters. The van der Waals surface area contributed by atoms with Gasteiger partial charge in [-0.1, -0.05) is 24.3 Å². The maximum Gasteiger partial charge on any atom is 0.161 e. The third-order valence-electron chi connectivity index (χ3n) is 2.70. The van der Waals surface area contributed by atoms with Crippen molar-refractivity contribution < 1.29 is 19.0 Å². The number of halogens is 1. The van der Waals surface area contributed by atoms with E-state index in [4.69, 9.17) is 9.47 Å². The highest BCUT2D eigenvalue weighted by Gasteiger charge is 2.11. The third-order valence-corrected chi connectivity index (χ3v) is 2.70. The summed E-state index contributed by atoms with van der Waals surface area (Å²) in [6.07, 6.45) is -0.888. The molecule has 0 amide bonds. The summed E-state index contributed by atoms with van der Waals surface area (Å²) in [5.74, 6) is 0.753. The summed E-state index contributed by atoms with van der Waals surface area (Å²) in [5, 5.41) is 9.94. The third kappa shape index (κ3) is 3.45. The fourth-order valence-electron chi connectivity index (χ4n) is 1.72. The first-order valence-corrected chi connectivity index (χ1v) is 5.90. The molecule has 0 spiro atoms. The van der Waals surface area contributed by atoms with Gasteiger partial charge < -0.3 is 14.6 Å². The zero-order valence-corrected chi connectivity index (χ0v) is 10.5. The average molecular weight is 262 g/mol. The molecule has 100 valence electrons. The van der Waals surface area contributed by atoms with Crippen LogP contribution >= 0.6 is 0 Å². The van der Waals surface area contributed by atoms with Gasteiger partial charge in [0.05, 0.1) is 7.11 Å². The number of rotatable bonds is 5. The van der Waals surface area contributed by atoms with E-state index in [1.807, 2.05) is 12.1 Å². The number of hydrogen-bond donors (Lipinski definition) is 1. The van der Waals surface area contributed by atoms with Crippen LogP contribution in [-0.2, 0) is 0 Å². The highest BCUT2D eigenvalue weighted by atomic mass is 19.1. The zero-order chi connectivity index (χ0) is 13.7. The molecule has 1 unspecified atom stereocenters. The number of ether oxygens (including phenoxy) is 2. The molecule has 2 aromatic carbocycles. The van der Waals surface area contributed by atoms with Gasteiger partial charge in [-0.2, -0.15) is 0 Å². The van der Waals surface area contributed by atoms with Crippen LogP contribution in [0.5, 0.6) is 11.5 Å². The van der Waals surface area contributed by atoms with Gasteiger partial charge in [-0.15, -0.1) is 0 Å². The van der Waals surface area contributed by atoms with Gasteiger partial charge in [0, 0.05) is 0 Å². The van der Waals surface area contributed by atoms with Crippen LogP contribution in [0.1, 0.15) is 11.7 Å². The summed E-state index contributed by atoms with van der Waals surface area (Å²) in [6, 6.07) is 13.0. The zero-order valence-electron chi connectivity index (χ0n) is 10.5. The summed E-state index contributed by atoms with van der Waals surface area (Å²) in [4.78, 5) is 0. The molecule has 0 bridgehead atoms. The lowest BCUT2D eigenvalue weighted by Crippen LogP contribution is -2.10. The Balaban J connectivity index is 2.02. The lowest BCUT2D eigenvalue weighted by molar-refractivity contribution is 0.106. The molecular weight excluding hydrogens is 247 g/mol. The summed E-state index contributed by atoms with van der Waals surface area (Å²) >= 11 is 0. The highest BCUT2D eigenvalue weighted by Crippen LogP contribution is 2.27. The van der Waals surface area contributed by atoms with E-state index in [2.05, 4.69) is 0 Å². The van der Waals surface area contributed by atoms with E-state index < -0.39 is 6.10 Å². The fourth-order valence-corrected chi connectivity index (χ4v) is 1.72. The van der Waals surface area contributed by atoms with Crippen molar-refractivity contribution in [3.63, 3.8) is 0 Å². The molecule has 19 heavy (non-hydrogen) atoms. The minimum atomic E-state index is -0.888. The Morgan fingerprint density at radius 2 is 1.84 bits per heavy atom. The standard InChI is InChI=1S/C15H15FO3/c1-18-14-7-2-3-8-15(14)19-10-13(17)11-5-4-6-12(16)9-11/h2-9,13,17H,10H2,1H3. The molecule has 0 radical (unpaired) electrons. The Bertz CT molecular complexity index is 542. The van der Waals surface area contributed by atoms with Crippen LogP contribution in [0.4, 0.5) is 4.39 Å². The Labute approximate surface area is 111 Å². The smallest absolute Gasteiger partial charge is 0.161 e. The SMILES string of the molecule is COc1ccccc1OCC(O)c1cccc(F)c1. The highest BCUT2D eigenvalue weighted by molar-refractivity contribution is 5.39. The molecular formula is C15H15FO3. The molecule has 0 aliphatic carbocycles. The van der Waals surface area contributed by atoms with E-state index >= 15 is 0 Å². The molecule has 2 aromatic rings.